The quantitative estimate of drug-likeness (QED) is 0.838. The van der Waals surface area contributed by atoms with Gasteiger partial charge in [-0.05, 0) is 50.7 Å². The molecule has 3 fully saturated rings. The average molecular weight is 370 g/mol. The Morgan fingerprint density at radius 1 is 0.815 bits per heavy atom. The van der Waals surface area contributed by atoms with Crippen LogP contribution in [0.15, 0.2) is 24.3 Å². The number of anilines is 1. The van der Waals surface area contributed by atoms with Crippen molar-refractivity contribution in [3.63, 3.8) is 0 Å². The third-order valence-corrected chi connectivity index (χ3v) is 6.22. The van der Waals surface area contributed by atoms with Crippen molar-refractivity contribution >= 4 is 17.5 Å². The van der Waals surface area contributed by atoms with Crippen molar-refractivity contribution in [2.45, 2.75) is 69.9 Å². The molecule has 146 valence electrons. The lowest BCUT2D eigenvalue weighted by Gasteiger charge is -2.35. The number of hydrogen-bond donors (Lipinski definition) is 2. The number of piperidine rings is 1. The third-order valence-electron chi connectivity index (χ3n) is 6.22. The van der Waals surface area contributed by atoms with Gasteiger partial charge in [0.25, 0.3) is 5.91 Å². The summed E-state index contributed by atoms with van der Waals surface area (Å²) in [7, 11) is 0. The summed E-state index contributed by atoms with van der Waals surface area (Å²) in [5, 5.41) is 6.39. The predicted octanol–water partition coefficient (Wildman–Crippen LogP) is 3.24. The predicted molar refractivity (Wildman–Crippen MR) is 107 cm³/mol. The Balaban J connectivity index is 1.32. The minimum absolute atomic E-state index is 0.0424. The number of hydrogen-bond acceptors (Lipinski definition) is 3. The van der Waals surface area contributed by atoms with Crippen LogP contribution in [0.3, 0.4) is 0 Å². The van der Waals surface area contributed by atoms with Gasteiger partial charge in [0.05, 0.1) is 5.56 Å². The van der Waals surface area contributed by atoms with E-state index in [1.807, 2.05) is 24.3 Å². The second-order valence-electron chi connectivity index (χ2n) is 8.37. The molecule has 3 aliphatic rings. The summed E-state index contributed by atoms with van der Waals surface area (Å²) in [6.07, 6.45) is 9.83. The van der Waals surface area contributed by atoms with Crippen molar-refractivity contribution in [3.05, 3.63) is 29.8 Å². The molecule has 0 radical (unpaired) electrons. The molecule has 27 heavy (non-hydrogen) atoms. The Morgan fingerprint density at radius 3 is 2.19 bits per heavy atom. The summed E-state index contributed by atoms with van der Waals surface area (Å²) in [6, 6.07) is 8.53. The minimum Gasteiger partial charge on any atom is -0.371 e. The van der Waals surface area contributed by atoms with E-state index in [0.717, 1.165) is 62.9 Å². The number of para-hydroxylation sites is 1. The Hall–Kier alpha value is -2.04. The summed E-state index contributed by atoms with van der Waals surface area (Å²) in [6.45, 7) is 1.76. The van der Waals surface area contributed by atoms with Crippen molar-refractivity contribution in [1.82, 2.24) is 10.6 Å². The van der Waals surface area contributed by atoms with Gasteiger partial charge in [-0.15, -0.1) is 0 Å². The normalized spacial score (nSPS) is 21.7. The zero-order chi connectivity index (χ0) is 18.6. The summed E-state index contributed by atoms with van der Waals surface area (Å²) >= 11 is 0. The van der Waals surface area contributed by atoms with Gasteiger partial charge in [0.1, 0.15) is 0 Å². The van der Waals surface area contributed by atoms with Crippen LogP contribution >= 0.6 is 0 Å². The molecule has 4 rings (SSSR count). The van der Waals surface area contributed by atoms with Crippen LogP contribution in [0.5, 0.6) is 0 Å². The van der Waals surface area contributed by atoms with Crippen molar-refractivity contribution < 1.29 is 9.59 Å². The molecule has 0 spiro atoms. The van der Waals surface area contributed by atoms with Gasteiger partial charge in [-0.2, -0.15) is 0 Å². The Bertz CT molecular complexity index is 672. The largest absolute Gasteiger partial charge is 0.371 e. The zero-order valence-electron chi connectivity index (χ0n) is 16.1. The topological polar surface area (TPSA) is 61.4 Å². The lowest BCUT2D eigenvalue weighted by atomic mass is 9.88. The Kier molecular flexibility index (Phi) is 5.65. The molecule has 2 aliphatic carbocycles. The molecular formula is C22H31N3O2. The molecular weight excluding hydrogens is 338 g/mol. The maximum absolute atomic E-state index is 12.5. The number of carbonyl (C=O) groups is 2. The number of amides is 2. The monoisotopic (exact) mass is 369 g/mol. The van der Waals surface area contributed by atoms with E-state index in [-0.39, 0.29) is 23.8 Å². The Morgan fingerprint density at radius 2 is 1.48 bits per heavy atom. The molecule has 1 aromatic carbocycles. The molecule has 5 heteroatoms. The van der Waals surface area contributed by atoms with Gasteiger partial charge in [0.15, 0.2) is 0 Å². The summed E-state index contributed by atoms with van der Waals surface area (Å²) in [5.74, 6) is 0.529. The van der Waals surface area contributed by atoms with Crippen LogP contribution in [0.1, 0.15) is 68.1 Å². The van der Waals surface area contributed by atoms with Gasteiger partial charge in [0.2, 0.25) is 5.91 Å². The summed E-state index contributed by atoms with van der Waals surface area (Å²) in [5.41, 5.74) is 1.79. The van der Waals surface area contributed by atoms with Gasteiger partial charge in [0, 0.05) is 36.8 Å². The van der Waals surface area contributed by atoms with Crippen LogP contribution in [0, 0.1) is 5.92 Å². The van der Waals surface area contributed by atoms with Gasteiger partial charge >= 0.3 is 0 Å². The van der Waals surface area contributed by atoms with Crippen LogP contribution in [-0.2, 0) is 4.79 Å². The average Bonchev–Trinajstić information content (AvgIpc) is 3.53. The first-order valence-electron chi connectivity index (χ1n) is 10.7. The fourth-order valence-electron chi connectivity index (χ4n) is 4.38. The van der Waals surface area contributed by atoms with E-state index in [0.29, 0.717) is 6.04 Å². The molecule has 0 atom stereocenters. The highest BCUT2D eigenvalue weighted by Gasteiger charge is 2.28. The molecule has 0 unspecified atom stereocenters. The van der Waals surface area contributed by atoms with Gasteiger partial charge in [-0.25, -0.2) is 0 Å². The van der Waals surface area contributed by atoms with Crippen LogP contribution in [0.4, 0.5) is 5.69 Å². The number of benzene rings is 1. The molecule has 2 amide bonds. The van der Waals surface area contributed by atoms with E-state index in [4.69, 9.17) is 0 Å². The zero-order valence-corrected chi connectivity index (χ0v) is 16.1. The molecule has 1 aliphatic heterocycles. The third kappa shape index (κ3) is 4.63. The van der Waals surface area contributed by atoms with Crippen LogP contribution in [0.2, 0.25) is 0 Å². The van der Waals surface area contributed by atoms with Crippen LogP contribution in [-0.4, -0.2) is 37.0 Å². The molecule has 2 N–H and O–H groups in total. The first-order valence-corrected chi connectivity index (χ1v) is 10.7. The SMILES string of the molecule is O=C(NC1CC1)c1ccccc1N1CCC(NC(=O)C2CCCCC2)CC1. The van der Waals surface area contributed by atoms with Gasteiger partial charge in [-0.3, -0.25) is 9.59 Å². The highest BCUT2D eigenvalue weighted by Crippen LogP contribution is 2.27. The van der Waals surface area contributed by atoms with E-state index in [1.165, 1.54) is 19.3 Å². The minimum atomic E-state index is 0.0424. The fourth-order valence-corrected chi connectivity index (χ4v) is 4.38. The van der Waals surface area contributed by atoms with Gasteiger partial charge < -0.3 is 15.5 Å². The Labute approximate surface area is 161 Å². The number of nitrogens with one attached hydrogen (secondary N) is 2. The summed E-state index contributed by atoms with van der Waals surface area (Å²) < 4.78 is 0. The molecule has 1 heterocycles. The lowest BCUT2D eigenvalue weighted by Crippen LogP contribution is -2.47. The molecule has 1 saturated heterocycles. The van der Waals surface area contributed by atoms with Crippen molar-refractivity contribution in [3.8, 4) is 0 Å². The lowest BCUT2D eigenvalue weighted by molar-refractivity contribution is -0.126. The molecule has 1 aromatic rings. The number of nitrogens with zero attached hydrogens (tertiary/aromatic N) is 1. The molecule has 5 nitrogen and oxygen atoms in total. The van der Waals surface area contributed by atoms with E-state index < -0.39 is 0 Å². The number of rotatable bonds is 5. The van der Waals surface area contributed by atoms with Crippen molar-refractivity contribution in [1.29, 1.82) is 0 Å². The molecule has 0 bridgehead atoms. The highest BCUT2D eigenvalue weighted by atomic mass is 16.2. The van der Waals surface area contributed by atoms with E-state index >= 15 is 0 Å². The second-order valence-corrected chi connectivity index (χ2v) is 8.37. The maximum atomic E-state index is 12.5. The van der Waals surface area contributed by atoms with Crippen LogP contribution < -0.4 is 15.5 Å². The first-order chi connectivity index (χ1) is 13.2. The van der Waals surface area contributed by atoms with Crippen molar-refractivity contribution in [2.24, 2.45) is 5.92 Å². The van der Waals surface area contributed by atoms with Crippen molar-refractivity contribution in [2.75, 3.05) is 18.0 Å². The highest BCUT2D eigenvalue weighted by molar-refractivity contribution is 6.00. The number of carbonyl (C=O) groups excluding carboxylic acids is 2. The molecule has 2 saturated carbocycles. The second kappa shape index (κ2) is 8.32. The van der Waals surface area contributed by atoms with E-state index in [1.54, 1.807) is 0 Å². The standard InChI is InChI=1S/C22H31N3O2/c26-21(16-6-2-1-3-7-16)23-18-12-14-25(15-13-18)20-9-5-4-8-19(20)22(27)24-17-10-11-17/h4-5,8-9,16-18H,1-3,6-7,10-15H2,(H,23,26)(H,24,27). The van der Waals surface area contributed by atoms with E-state index in [2.05, 4.69) is 15.5 Å². The van der Waals surface area contributed by atoms with Gasteiger partial charge in [-0.1, -0.05) is 31.4 Å². The smallest absolute Gasteiger partial charge is 0.253 e. The fraction of sp³-hybridized carbons (Fsp3) is 0.636. The summed E-state index contributed by atoms with van der Waals surface area (Å²) in [4.78, 5) is 27.3. The van der Waals surface area contributed by atoms with Crippen LogP contribution in [0.25, 0.3) is 0 Å². The first kappa shape index (κ1) is 18.3. The maximum Gasteiger partial charge on any atom is 0.253 e. The molecule has 0 aromatic heterocycles. The van der Waals surface area contributed by atoms with E-state index in [9.17, 15) is 9.59 Å².